The van der Waals surface area contributed by atoms with Crippen LogP contribution in [0.5, 0.6) is 0 Å². The van der Waals surface area contributed by atoms with Gasteiger partial charge in [0.15, 0.2) is 16.3 Å². The van der Waals surface area contributed by atoms with Gasteiger partial charge in [0.1, 0.15) is 0 Å². The molecule has 1 aliphatic rings. The van der Waals surface area contributed by atoms with E-state index in [2.05, 4.69) is 11.9 Å². The number of rotatable bonds is 7. The van der Waals surface area contributed by atoms with Gasteiger partial charge in [-0.15, -0.1) is 0 Å². The van der Waals surface area contributed by atoms with Crippen LogP contribution in [0.15, 0.2) is 14.7 Å². The van der Waals surface area contributed by atoms with Gasteiger partial charge in [-0.2, -0.15) is 0 Å². The van der Waals surface area contributed by atoms with E-state index in [4.69, 9.17) is 0 Å². The summed E-state index contributed by atoms with van der Waals surface area (Å²) in [6.45, 7) is 3.49. The van der Waals surface area contributed by atoms with Gasteiger partial charge in [-0.05, 0) is 6.42 Å². The first kappa shape index (κ1) is 16.4. The predicted octanol–water partition coefficient (Wildman–Crippen LogP) is 2.36. The summed E-state index contributed by atoms with van der Waals surface area (Å²) >= 11 is 1.64. The monoisotopic (exact) mass is 336 g/mol. The van der Waals surface area contributed by atoms with Crippen LogP contribution in [0.25, 0.3) is 11.2 Å². The first-order chi connectivity index (χ1) is 11.1. The maximum atomic E-state index is 12.8. The summed E-state index contributed by atoms with van der Waals surface area (Å²) in [5.41, 5.74) is 0.662. The SMILES string of the molecule is CCCCCCCCn1c(=O)c2c(nc3n2CCS3)n(C)c1=O. The fourth-order valence-corrected chi connectivity index (χ4v) is 4.09. The third-order valence-corrected chi connectivity index (χ3v) is 5.44. The van der Waals surface area contributed by atoms with Crippen LogP contribution in [-0.2, 0) is 20.1 Å². The van der Waals surface area contributed by atoms with Crippen molar-refractivity contribution in [1.29, 1.82) is 0 Å². The molecule has 3 heterocycles. The molecule has 7 heteroatoms. The number of thioether (sulfide) groups is 1. The lowest BCUT2D eigenvalue weighted by molar-refractivity contribution is 0.525. The molecule has 0 unspecified atom stereocenters. The average molecular weight is 336 g/mol. The molecule has 3 rings (SSSR count). The third kappa shape index (κ3) is 2.98. The summed E-state index contributed by atoms with van der Waals surface area (Å²) in [6, 6.07) is 0. The van der Waals surface area contributed by atoms with Crippen molar-refractivity contribution >= 4 is 22.9 Å². The van der Waals surface area contributed by atoms with E-state index in [9.17, 15) is 9.59 Å². The van der Waals surface area contributed by atoms with E-state index in [1.54, 1.807) is 18.8 Å². The topological polar surface area (TPSA) is 61.8 Å². The highest BCUT2D eigenvalue weighted by molar-refractivity contribution is 7.99. The molecular formula is C16H24N4O2S. The average Bonchev–Trinajstić information content (AvgIpc) is 3.12. The van der Waals surface area contributed by atoms with Gasteiger partial charge in [-0.3, -0.25) is 13.9 Å². The molecule has 1 aliphatic heterocycles. The second kappa shape index (κ2) is 6.95. The van der Waals surface area contributed by atoms with Gasteiger partial charge in [0.2, 0.25) is 0 Å². The van der Waals surface area contributed by atoms with Crippen LogP contribution < -0.4 is 11.2 Å². The molecule has 0 spiro atoms. The first-order valence-corrected chi connectivity index (χ1v) is 9.46. The Balaban J connectivity index is 1.86. The summed E-state index contributed by atoms with van der Waals surface area (Å²) in [5.74, 6) is 0.942. The Kier molecular flexibility index (Phi) is 4.94. The molecule has 126 valence electrons. The van der Waals surface area contributed by atoms with Gasteiger partial charge < -0.3 is 4.57 Å². The van der Waals surface area contributed by atoms with E-state index in [0.717, 1.165) is 30.3 Å². The van der Waals surface area contributed by atoms with Crippen molar-refractivity contribution in [2.24, 2.45) is 7.05 Å². The molecule has 0 amide bonds. The number of hydrogen-bond donors (Lipinski definition) is 0. The zero-order valence-corrected chi connectivity index (χ0v) is 14.7. The summed E-state index contributed by atoms with van der Waals surface area (Å²) in [6.07, 6.45) is 6.82. The van der Waals surface area contributed by atoms with Crippen molar-refractivity contribution in [3.8, 4) is 0 Å². The minimum Gasteiger partial charge on any atom is -0.312 e. The molecule has 0 bridgehead atoms. The van der Waals surface area contributed by atoms with Crippen LogP contribution in [0.3, 0.4) is 0 Å². The molecule has 0 radical (unpaired) electrons. The lowest BCUT2D eigenvalue weighted by atomic mass is 10.1. The summed E-state index contributed by atoms with van der Waals surface area (Å²) in [5, 5.41) is 0.851. The Morgan fingerprint density at radius 1 is 1.13 bits per heavy atom. The van der Waals surface area contributed by atoms with Crippen LogP contribution in [0.4, 0.5) is 0 Å². The fraction of sp³-hybridized carbons (Fsp3) is 0.688. The van der Waals surface area contributed by atoms with Gasteiger partial charge in [0, 0.05) is 25.9 Å². The van der Waals surface area contributed by atoms with Crippen molar-refractivity contribution in [1.82, 2.24) is 18.7 Å². The van der Waals surface area contributed by atoms with E-state index in [0.29, 0.717) is 17.7 Å². The minimum atomic E-state index is -0.252. The molecule has 0 saturated carbocycles. The second-order valence-corrected chi connectivity index (χ2v) is 7.19. The second-order valence-electron chi connectivity index (χ2n) is 6.13. The molecule has 0 saturated heterocycles. The van der Waals surface area contributed by atoms with Crippen molar-refractivity contribution in [3.05, 3.63) is 20.8 Å². The first-order valence-electron chi connectivity index (χ1n) is 8.48. The highest BCUT2D eigenvalue weighted by atomic mass is 32.2. The normalized spacial score (nSPS) is 13.8. The molecule has 23 heavy (non-hydrogen) atoms. The number of aromatic nitrogens is 4. The van der Waals surface area contributed by atoms with Crippen molar-refractivity contribution in [2.45, 2.75) is 63.7 Å². The van der Waals surface area contributed by atoms with E-state index in [1.165, 1.54) is 34.8 Å². The molecule has 0 aliphatic carbocycles. The van der Waals surface area contributed by atoms with Crippen LogP contribution in [0, 0.1) is 0 Å². The molecule has 0 atom stereocenters. The zero-order chi connectivity index (χ0) is 16.4. The fourth-order valence-electron chi connectivity index (χ4n) is 3.14. The minimum absolute atomic E-state index is 0.182. The number of unbranched alkanes of at least 4 members (excludes halogenated alkanes) is 5. The Bertz CT molecular complexity index is 818. The van der Waals surface area contributed by atoms with Gasteiger partial charge in [0.05, 0.1) is 0 Å². The quantitative estimate of drug-likeness (QED) is 0.728. The Hall–Kier alpha value is -1.50. The van der Waals surface area contributed by atoms with E-state index in [-0.39, 0.29) is 11.2 Å². The van der Waals surface area contributed by atoms with Crippen molar-refractivity contribution in [2.75, 3.05) is 5.75 Å². The molecule has 2 aromatic rings. The van der Waals surface area contributed by atoms with Crippen LogP contribution in [0.2, 0.25) is 0 Å². The van der Waals surface area contributed by atoms with Crippen molar-refractivity contribution in [3.63, 3.8) is 0 Å². The number of aryl methyl sites for hydroxylation is 2. The predicted molar refractivity (Wildman–Crippen MR) is 93.3 cm³/mol. The Morgan fingerprint density at radius 2 is 1.87 bits per heavy atom. The zero-order valence-electron chi connectivity index (χ0n) is 13.9. The number of fused-ring (bicyclic) bond motifs is 3. The van der Waals surface area contributed by atoms with Gasteiger partial charge >= 0.3 is 5.69 Å². The maximum absolute atomic E-state index is 12.8. The summed E-state index contributed by atoms with van der Waals surface area (Å²) in [7, 11) is 1.70. The lowest BCUT2D eigenvalue weighted by Gasteiger charge is -2.09. The molecule has 0 aromatic carbocycles. The van der Waals surface area contributed by atoms with Gasteiger partial charge in [-0.25, -0.2) is 9.78 Å². The van der Waals surface area contributed by atoms with Gasteiger partial charge in [-0.1, -0.05) is 50.8 Å². The highest BCUT2D eigenvalue weighted by Gasteiger charge is 2.23. The molecular weight excluding hydrogens is 312 g/mol. The Labute approximate surface area is 139 Å². The largest absolute Gasteiger partial charge is 0.332 e. The lowest BCUT2D eigenvalue weighted by Crippen LogP contribution is -2.39. The Morgan fingerprint density at radius 3 is 2.65 bits per heavy atom. The molecule has 0 fully saturated rings. The highest BCUT2D eigenvalue weighted by Crippen LogP contribution is 2.27. The van der Waals surface area contributed by atoms with E-state index < -0.39 is 0 Å². The van der Waals surface area contributed by atoms with Crippen LogP contribution >= 0.6 is 11.8 Å². The van der Waals surface area contributed by atoms with E-state index >= 15 is 0 Å². The maximum Gasteiger partial charge on any atom is 0.332 e. The summed E-state index contributed by atoms with van der Waals surface area (Å²) in [4.78, 5) is 29.7. The number of imidazole rings is 1. The summed E-state index contributed by atoms with van der Waals surface area (Å²) < 4.78 is 4.86. The number of hydrogen-bond acceptors (Lipinski definition) is 4. The standard InChI is InChI=1S/C16H24N4O2S/c1-3-4-5-6-7-8-9-20-14(21)12-13(18(2)16(20)22)17-15-19(12)10-11-23-15/h3-11H2,1-2H3. The molecule has 0 N–H and O–H groups in total. The van der Waals surface area contributed by atoms with Crippen LogP contribution in [0.1, 0.15) is 45.4 Å². The van der Waals surface area contributed by atoms with Crippen molar-refractivity contribution < 1.29 is 0 Å². The van der Waals surface area contributed by atoms with E-state index in [1.807, 2.05) is 4.57 Å². The van der Waals surface area contributed by atoms with Gasteiger partial charge in [0.25, 0.3) is 5.56 Å². The van der Waals surface area contributed by atoms with Crippen LogP contribution in [-0.4, -0.2) is 24.4 Å². The number of nitrogens with zero attached hydrogens (tertiary/aromatic N) is 4. The molecule has 2 aromatic heterocycles. The molecule has 6 nitrogen and oxygen atoms in total. The third-order valence-electron chi connectivity index (χ3n) is 4.48. The smallest absolute Gasteiger partial charge is 0.312 e.